The molecule has 8 nitrogen and oxygen atoms in total. The van der Waals surface area contributed by atoms with Crippen LogP contribution in [0.3, 0.4) is 0 Å². The van der Waals surface area contributed by atoms with Gasteiger partial charge in [-0.1, -0.05) is 37.3 Å². The van der Waals surface area contributed by atoms with Crippen LogP contribution < -0.4 is 16.4 Å². The molecule has 0 bridgehead atoms. The maximum atomic E-state index is 11.9. The molecule has 24 heavy (non-hydrogen) atoms. The Kier molecular flexibility index (Phi) is 6.02. The number of nitrogens with two attached hydrogens (primary N) is 1. The Morgan fingerprint density at radius 1 is 1.25 bits per heavy atom. The molecule has 2 aromatic rings. The van der Waals surface area contributed by atoms with E-state index in [1.165, 1.54) is 11.0 Å². The van der Waals surface area contributed by atoms with Gasteiger partial charge >= 0.3 is 0 Å². The summed E-state index contributed by atoms with van der Waals surface area (Å²) in [6.07, 6.45) is 1.40. The Morgan fingerprint density at radius 3 is 2.62 bits per heavy atom. The first kappa shape index (κ1) is 17.6. The van der Waals surface area contributed by atoms with E-state index in [1.54, 1.807) is 13.8 Å². The van der Waals surface area contributed by atoms with E-state index in [1.807, 2.05) is 30.3 Å². The average Bonchev–Trinajstić information content (AvgIpc) is 2.99. The second kappa shape index (κ2) is 8.21. The molecule has 0 aliphatic carbocycles. The summed E-state index contributed by atoms with van der Waals surface area (Å²) in [5.41, 5.74) is 6.70. The number of carbonyl (C=O) groups is 2. The summed E-state index contributed by atoms with van der Waals surface area (Å²) in [6.45, 7) is 3.96. The summed E-state index contributed by atoms with van der Waals surface area (Å²) >= 11 is 0. The Morgan fingerprint density at radius 2 is 1.96 bits per heavy atom. The van der Waals surface area contributed by atoms with Crippen LogP contribution in [0.2, 0.25) is 0 Å². The molecule has 0 aliphatic heterocycles. The summed E-state index contributed by atoms with van der Waals surface area (Å²) in [7, 11) is 0. The number of hydrogen-bond donors (Lipinski definition) is 3. The first-order valence-corrected chi connectivity index (χ1v) is 7.72. The Labute approximate surface area is 140 Å². The Bertz CT molecular complexity index is 683. The summed E-state index contributed by atoms with van der Waals surface area (Å²) in [4.78, 5) is 27.8. The molecular weight excluding hydrogens is 308 g/mol. The summed E-state index contributed by atoms with van der Waals surface area (Å²) in [5, 5.41) is 9.44. The van der Waals surface area contributed by atoms with Crippen molar-refractivity contribution in [3.8, 4) is 0 Å². The van der Waals surface area contributed by atoms with Crippen LogP contribution >= 0.6 is 0 Å². The number of amides is 2. The van der Waals surface area contributed by atoms with Gasteiger partial charge in [-0.15, -0.1) is 5.10 Å². The van der Waals surface area contributed by atoms with Crippen molar-refractivity contribution < 1.29 is 9.59 Å². The van der Waals surface area contributed by atoms with Gasteiger partial charge in [-0.25, -0.2) is 9.67 Å². The lowest BCUT2D eigenvalue weighted by Gasteiger charge is -2.13. The maximum absolute atomic E-state index is 11.9. The largest absolute Gasteiger partial charge is 0.350 e. The van der Waals surface area contributed by atoms with Crippen LogP contribution in [-0.4, -0.2) is 32.6 Å². The molecule has 2 atom stereocenters. The van der Waals surface area contributed by atoms with E-state index in [2.05, 4.69) is 20.7 Å². The number of anilines is 1. The van der Waals surface area contributed by atoms with Crippen molar-refractivity contribution in [2.45, 2.75) is 33.0 Å². The summed E-state index contributed by atoms with van der Waals surface area (Å²) in [6, 6.07) is 9.35. The smallest absolute Gasteiger partial charge is 0.248 e. The van der Waals surface area contributed by atoms with E-state index in [0.717, 1.165) is 5.56 Å². The van der Waals surface area contributed by atoms with E-state index in [0.29, 0.717) is 6.54 Å². The van der Waals surface area contributed by atoms with Gasteiger partial charge in [0.25, 0.3) is 0 Å². The fraction of sp³-hybridized carbons (Fsp3) is 0.375. The molecule has 1 aromatic carbocycles. The third-order valence-electron chi connectivity index (χ3n) is 3.61. The molecule has 8 heteroatoms. The van der Waals surface area contributed by atoms with Gasteiger partial charge in [0, 0.05) is 12.6 Å². The highest BCUT2D eigenvalue weighted by Gasteiger charge is 2.18. The van der Waals surface area contributed by atoms with Gasteiger partial charge in [0.15, 0.2) is 0 Å². The highest BCUT2D eigenvalue weighted by atomic mass is 16.2. The maximum Gasteiger partial charge on any atom is 0.248 e. The molecule has 4 N–H and O–H groups in total. The van der Waals surface area contributed by atoms with Crippen LogP contribution in [0.5, 0.6) is 0 Å². The average molecular weight is 330 g/mol. The molecule has 0 saturated heterocycles. The highest BCUT2D eigenvalue weighted by Crippen LogP contribution is 2.05. The molecular formula is C16H22N6O2. The zero-order chi connectivity index (χ0) is 17.5. The van der Waals surface area contributed by atoms with Gasteiger partial charge in [-0.3, -0.25) is 14.9 Å². The third kappa shape index (κ3) is 5.17. The van der Waals surface area contributed by atoms with E-state index >= 15 is 0 Å². The first-order valence-electron chi connectivity index (χ1n) is 7.72. The number of aromatic nitrogens is 3. The van der Waals surface area contributed by atoms with Gasteiger partial charge in [-0.2, -0.15) is 0 Å². The molecule has 1 heterocycles. The van der Waals surface area contributed by atoms with Crippen molar-refractivity contribution in [1.29, 1.82) is 0 Å². The summed E-state index contributed by atoms with van der Waals surface area (Å²) < 4.78 is 1.37. The zero-order valence-corrected chi connectivity index (χ0v) is 13.8. The number of carbonyl (C=O) groups excluding carboxylic acids is 2. The van der Waals surface area contributed by atoms with Crippen molar-refractivity contribution >= 4 is 17.8 Å². The number of benzene rings is 1. The lowest BCUT2D eigenvalue weighted by atomic mass is 10.0. The minimum absolute atomic E-state index is 0.0263. The van der Waals surface area contributed by atoms with Crippen molar-refractivity contribution in [2.24, 2.45) is 11.7 Å². The SMILES string of the molecule is CC(N)C(C)C(=O)Nc1ncn(CC(=O)NCc2ccccc2)n1. The number of nitrogens with one attached hydrogen (secondary N) is 2. The second-order valence-corrected chi connectivity index (χ2v) is 5.67. The Hall–Kier alpha value is -2.74. The molecule has 128 valence electrons. The molecule has 0 saturated carbocycles. The van der Waals surface area contributed by atoms with Crippen molar-refractivity contribution in [2.75, 3.05) is 5.32 Å². The van der Waals surface area contributed by atoms with E-state index < -0.39 is 0 Å². The fourth-order valence-electron chi connectivity index (χ4n) is 1.89. The van der Waals surface area contributed by atoms with Crippen LogP contribution in [0.4, 0.5) is 5.95 Å². The predicted molar refractivity (Wildman–Crippen MR) is 89.8 cm³/mol. The van der Waals surface area contributed by atoms with E-state index in [-0.39, 0.29) is 36.3 Å². The van der Waals surface area contributed by atoms with Crippen LogP contribution in [0, 0.1) is 5.92 Å². The van der Waals surface area contributed by atoms with Crippen LogP contribution in [0.25, 0.3) is 0 Å². The minimum atomic E-state index is -0.355. The third-order valence-corrected chi connectivity index (χ3v) is 3.61. The highest BCUT2D eigenvalue weighted by molar-refractivity contribution is 5.91. The van der Waals surface area contributed by atoms with Crippen LogP contribution in [0.1, 0.15) is 19.4 Å². The standard InChI is InChI=1S/C16H22N6O2/c1-11(12(2)17)15(24)20-16-19-10-22(21-16)9-14(23)18-8-13-6-4-3-5-7-13/h3-7,10-12H,8-9,17H2,1-2H3,(H,18,23)(H,20,21,24). The lowest BCUT2D eigenvalue weighted by molar-refractivity contribution is -0.122. The number of rotatable bonds is 7. The van der Waals surface area contributed by atoms with Gasteiger partial charge < -0.3 is 11.1 Å². The molecule has 2 amide bonds. The van der Waals surface area contributed by atoms with Gasteiger partial charge in [0.2, 0.25) is 17.8 Å². The van der Waals surface area contributed by atoms with Gasteiger partial charge in [0.1, 0.15) is 12.9 Å². The number of nitrogens with zero attached hydrogens (tertiary/aromatic N) is 3. The predicted octanol–water partition coefficient (Wildman–Crippen LogP) is 0.516. The van der Waals surface area contributed by atoms with E-state index in [9.17, 15) is 9.59 Å². The molecule has 0 fully saturated rings. The molecule has 1 aromatic heterocycles. The topological polar surface area (TPSA) is 115 Å². The normalized spacial score (nSPS) is 13.1. The van der Waals surface area contributed by atoms with Gasteiger partial charge in [-0.05, 0) is 12.5 Å². The van der Waals surface area contributed by atoms with Crippen molar-refractivity contribution in [3.05, 3.63) is 42.2 Å². The Balaban J connectivity index is 1.82. The monoisotopic (exact) mass is 330 g/mol. The summed E-state index contributed by atoms with van der Waals surface area (Å²) in [5.74, 6) is -0.642. The lowest BCUT2D eigenvalue weighted by Crippen LogP contribution is -2.34. The van der Waals surface area contributed by atoms with Crippen molar-refractivity contribution in [1.82, 2.24) is 20.1 Å². The second-order valence-electron chi connectivity index (χ2n) is 5.67. The molecule has 0 aliphatic rings. The van der Waals surface area contributed by atoms with Gasteiger partial charge in [0.05, 0.1) is 5.92 Å². The van der Waals surface area contributed by atoms with Crippen LogP contribution in [0.15, 0.2) is 36.7 Å². The molecule has 2 unspecified atom stereocenters. The van der Waals surface area contributed by atoms with Crippen LogP contribution in [-0.2, 0) is 22.7 Å². The molecule has 0 spiro atoms. The number of hydrogen-bond acceptors (Lipinski definition) is 5. The molecule has 0 radical (unpaired) electrons. The minimum Gasteiger partial charge on any atom is -0.350 e. The zero-order valence-electron chi connectivity index (χ0n) is 13.8. The first-order chi connectivity index (χ1) is 11.5. The fourth-order valence-corrected chi connectivity index (χ4v) is 1.89. The molecule has 2 rings (SSSR count). The quantitative estimate of drug-likeness (QED) is 0.684. The van der Waals surface area contributed by atoms with Crippen molar-refractivity contribution in [3.63, 3.8) is 0 Å². The van der Waals surface area contributed by atoms with E-state index in [4.69, 9.17) is 5.73 Å².